The van der Waals surface area contributed by atoms with Gasteiger partial charge in [0.05, 0.1) is 32.3 Å². The van der Waals surface area contributed by atoms with Crippen LogP contribution in [0, 0.1) is 0 Å². The van der Waals surface area contributed by atoms with Crippen LogP contribution >= 0.6 is 0 Å². The number of aliphatic hydroxyl groups is 7. The summed E-state index contributed by atoms with van der Waals surface area (Å²) >= 11 is 0. The second kappa shape index (κ2) is 12.9. The molecular formula is C21H40N6O12. The molecule has 39 heavy (non-hydrogen) atoms. The number of aldehydes is 1. The van der Waals surface area contributed by atoms with E-state index in [1.807, 2.05) is 0 Å². The highest BCUT2D eigenvalue weighted by molar-refractivity contribution is 5.76. The molecule has 1 saturated carbocycles. The minimum atomic E-state index is -2.77. The predicted molar refractivity (Wildman–Crippen MR) is 129 cm³/mol. The van der Waals surface area contributed by atoms with Crippen molar-refractivity contribution in [2.75, 3.05) is 20.3 Å². The van der Waals surface area contributed by atoms with Crippen LogP contribution in [0.2, 0.25) is 0 Å². The number of nitrogens with one attached hydrogen (secondary N) is 2. The fraction of sp³-hybridized carbons (Fsp3) is 0.905. The smallest absolute Gasteiger partial charge is 0.188 e. The minimum absolute atomic E-state index is 0.101. The van der Waals surface area contributed by atoms with Crippen LogP contribution in [0.25, 0.3) is 0 Å². The number of rotatable bonds is 10. The Kier molecular flexibility index (Phi) is 10.0. The Hall–Kier alpha value is -1.62. The first kappa shape index (κ1) is 30.3. The van der Waals surface area contributed by atoms with Crippen LogP contribution in [0.15, 0.2) is 4.99 Å². The highest BCUT2D eigenvalue weighted by Crippen LogP contribution is 2.38. The van der Waals surface area contributed by atoms with Crippen LogP contribution in [0.1, 0.15) is 8.29 Å². The van der Waals surface area contributed by atoms with Gasteiger partial charge in [0.1, 0.15) is 48.7 Å². The molecule has 3 fully saturated rings. The molecule has 226 valence electrons. The van der Waals surface area contributed by atoms with Gasteiger partial charge in [-0.1, -0.05) is 0 Å². The highest BCUT2D eigenvalue weighted by atomic mass is 16.8. The molecule has 0 aromatic rings. The summed E-state index contributed by atoms with van der Waals surface area (Å²) in [6, 6.07) is -4.22. The quantitative estimate of drug-likeness (QED) is 0.0502. The van der Waals surface area contributed by atoms with Gasteiger partial charge in [0, 0.05) is 6.67 Å². The standard InChI is InChI=1S/C21H40N6O12/c1-6-21(35,4-29)17(39-18-10(25-2)14(33)11(30)7(3-28)37-18)19(36-6)38-16-9(27-20(23)24)12(31)8(26-5-22)13(32)15(16)34/h4,6-19,25-26,28,30-35H,3,5,22H2,1-2H3,(H4,23,24,27)/t6-,7-,8+,9-,10-,11-,12+,13-,14-,15+,16+,17-,18-,19+,21+/m0/s1/i16T. The Morgan fingerprint density at radius 1 is 1.05 bits per heavy atom. The zero-order valence-corrected chi connectivity index (χ0v) is 21.3. The molecule has 1 aliphatic carbocycles. The molecule has 2 aliphatic heterocycles. The molecule has 0 spiro atoms. The van der Waals surface area contributed by atoms with Gasteiger partial charge in [0.15, 0.2) is 30.4 Å². The molecule has 18 nitrogen and oxygen atoms in total. The molecule has 2 heterocycles. The maximum atomic E-state index is 12.1. The van der Waals surface area contributed by atoms with E-state index in [0.29, 0.717) is 0 Å². The SMILES string of the molecule is [3H][C@]1(O[C@H]2O[C@@H](C)[C@](O)(C=O)[C@H]2O[C@@H]2O[C@@H](CO)[C@H](O)[C@@H](O)[C@@H]2NC)[C@H](O)[C@@H](O)[C@H](NCN)[C@@H](O)[C@@H]1N=C(N)N. The maximum Gasteiger partial charge on any atom is 0.188 e. The molecule has 15 atom stereocenters. The Morgan fingerprint density at radius 2 is 1.69 bits per heavy atom. The van der Waals surface area contributed by atoms with Crippen LogP contribution in [0.5, 0.6) is 0 Å². The summed E-state index contributed by atoms with van der Waals surface area (Å²) in [6.45, 7) is 0.327. The molecule has 0 aromatic heterocycles. The summed E-state index contributed by atoms with van der Waals surface area (Å²) < 4.78 is 31.7. The Morgan fingerprint density at radius 3 is 2.23 bits per heavy atom. The van der Waals surface area contributed by atoms with E-state index in [2.05, 4.69) is 15.6 Å². The van der Waals surface area contributed by atoms with Crippen LogP contribution in [-0.4, -0.2) is 160 Å². The van der Waals surface area contributed by atoms with E-state index in [-0.39, 0.29) is 13.0 Å². The Bertz CT molecular complexity index is 908. The second-order valence-corrected chi connectivity index (χ2v) is 9.61. The van der Waals surface area contributed by atoms with Crippen molar-refractivity contribution >= 4 is 12.2 Å². The summed E-state index contributed by atoms with van der Waals surface area (Å²) in [6.07, 6.45) is -19.3. The molecule has 18 heteroatoms. The number of carbonyl (C=O) groups excluding carboxylic acids is 1. The number of aliphatic hydroxyl groups excluding tert-OH is 6. The van der Waals surface area contributed by atoms with Crippen molar-refractivity contribution in [1.82, 2.24) is 10.6 Å². The second-order valence-electron chi connectivity index (χ2n) is 9.61. The molecule has 3 rings (SSSR count). The first-order chi connectivity index (χ1) is 18.7. The number of hydrogen-bond donors (Lipinski definition) is 12. The fourth-order valence-electron chi connectivity index (χ4n) is 4.96. The van der Waals surface area contributed by atoms with Gasteiger partial charge in [-0.15, -0.1) is 0 Å². The van der Waals surface area contributed by atoms with Gasteiger partial charge >= 0.3 is 0 Å². The average molecular weight is 571 g/mol. The lowest BCUT2D eigenvalue weighted by atomic mass is 9.81. The lowest BCUT2D eigenvalue weighted by Crippen LogP contribution is -2.69. The van der Waals surface area contributed by atoms with E-state index in [9.17, 15) is 40.5 Å². The summed E-state index contributed by atoms with van der Waals surface area (Å²) in [5.74, 6) is -0.604. The van der Waals surface area contributed by atoms with Gasteiger partial charge < -0.3 is 77.2 Å². The van der Waals surface area contributed by atoms with Crippen molar-refractivity contribution in [2.24, 2.45) is 22.2 Å². The van der Waals surface area contributed by atoms with E-state index in [1.54, 1.807) is 0 Å². The van der Waals surface area contributed by atoms with Gasteiger partial charge in [0.2, 0.25) is 0 Å². The number of likely N-dealkylation sites (N-methyl/N-ethyl adjacent to an activating group) is 1. The number of guanidine groups is 1. The monoisotopic (exact) mass is 570 g/mol. The lowest BCUT2D eigenvalue weighted by Gasteiger charge is -2.46. The predicted octanol–water partition coefficient (Wildman–Crippen LogP) is -7.93. The third kappa shape index (κ3) is 6.04. The van der Waals surface area contributed by atoms with Crippen molar-refractivity contribution in [1.29, 1.82) is 0 Å². The van der Waals surface area contributed by atoms with Crippen molar-refractivity contribution in [3.63, 3.8) is 0 Å². The van der Waals surface area contributed by atoms with E-state index in [4.69, 9.17) is 37.5 Å². The van der Waals surface area contributed by atoms with E-state index >= 15 is 0 Å². The number of nitrogens with zero attached hydrogens (tertiary/aromatic N) is 1. The van der Waals surface area contributed by atoms with Crippen molar-refractivity contribution in [2.45, 2.75) is 98.1 Å². The number of nitrogens with two attached hydrogens (primary N) is 3. The van der Waals surface area contributed by atoms with Crippen LogP contribution in [0.3, 0.4) is 0 Å². The van der Waals surface area contributed by atoms with E-state index in [1.165, 1.54) is 14.0 Å². The average Bonchev–Trinajstić information content (AvgIpc) is 3.14. The molecule has 3 aliphatic rings. The van der Waals surface area contributed by atoms with Gasteiger partial charge in [0.25, 0.3) is 0 Å². The normalized spacial score (nSPS) is 50.8. The van der Waals surface area contributed by atoms with E-state index in [0.717, 1.165) is 0 Å². The third-order valence-electron chi connectivity index (χ3n) is 7.24. The van der Waals surface area contributed by atoms with Crippen molar-refractivity contribution in [3.05, 3.63) is 0 Å². The van der Waals surface area contributed by atoms with Gasteiger partial charge in [-0.25, -0.2) is 4.99 Å². The molecule has 0 aromatic carbocycles. The van der Waals surface area contributed by atoms with Gasteiger partial charge in [-0.05, 0) is 14.0 Å². The summed E-state index contributed by atoms with van der Waals surface area (Å²) in [7, 11) is 1.40. The van der Waals surface area contributed by atoms with Crippen LogP contribution in [0.4, 0.5) is 0 Å². The number of aliphatic imine (C=N–C) groups is 1. The molecule has 0 bridgehead atoms. The van der Waals surface area contributed by atoms with E-state index < -0.39 is 104 Å². The minimum Gasteiger partial charge on any atom is -0.394 e. The molecule has 0 amide bonds. The largest absolute Gasteiger partial charge is 0.394 e. The van der Waals surface area contributed by atoms with Gasteiger partial charge in [-0.3, -0.25) is 10.1 Å². The molecular weight excluding hydrogens is 528 g/mol. The number of hydrogen-bond acceptors (Lipinski definition) is 16. The third-order valence-corrected chi connectivity index (χ3v) is 7.24. The fourth-order valence-corrected chi connectivity index (χ4v) is 4.96. The summed E-state index contributed by atoms with van der Waals surface area (Å²) in [5, 5.41) is 79.3. The van der Waals surface area contributed by atoms with Crippen molar-refractivity contribution < 1.29 is 60.9 Å². The number of ether oxygens (including phenoxy) is 4. The van der Waals surface area contributed by atoms with Crippen molar-refractivity contribution in [3.8, 4) is 0 Å². The number of carbonyl (C=O) groups is 1. The van der Waals surface area contributed by atoms with Gasteiger partial charge in [-0.2, -0.15) is 0 Å². The first-order valence-electron chi connectivity index (χ1n) is 12.7. The zero-order valence-electron chi connectivity index (χ0n) is 22.3. The lowest BCUT2D eigenvalue weighted by molar-refractivity contribution is -0.314. The maximum absolute atomic E-state index is 12.1. The summed E-state index contributed by atoms with van der Waals surface area (Å²) in [4.78, 5) is 15.9. The topological polar surface area (TPSA) is 310 Å². The molecule has 2 saturated heterocycles. The Balaban J connectivity index is 2.00. The molecule has 0 radical (unpaired) electrons. The van der Waals surface area contributed by atoms with Crippen LogP contribution < -0.4 is 27.8 Å². The first-order valence-corrected chi connectivity index (χ1v) is 12.2. The molecule has 0 unspecified atom stereocenters. The van der Waals surface area contributed by atoms with Crippen LogP contribution in [-0.2, 0) is 23.7 Å². The zero-order chi connectivity index (χ0) is 30.2. The molecule has 15 N–H and O–H groups in total. The Labute approximate surface area is 225 Å². The summed E-state index contributed by atoms with van der Waals surface area (Å²) in [5.41, 5.74) is 14.0. The highest BCUT2D eigenvalue weighted by Gasteiger charge is 2.60.